The van der Waals surface area contributed by atoms with Crippen LogP contribution in [0.25, 0.3) is 0 Å². The predicted molar refractivity (Wildman–Crippen MR) is 89.4 cm³/mol. The topological polar surface area (TPSA) is 0 Å². The van der Waals surface area contributed by atoms with E-state index in [0.29, 0.717) is 0 Å². The molecule has 113 valence electrons. The molecule has 19 heavy (non-hydrogen) atoms. The van der Waals surface area contributed by atoms with Crippen LogP contribution in [0.1, 0.15) is 103 Å². The third kappa shape index (κ3) is 17.7. The van der Waals surface area contributed by atoms with Crippen LogP contribution >= 0.6 is 0 Å². The van der Waals surface area contributed by atoms with Gasteiger partial charge in [-0.2, -0.15) is 0 Å². The second-order valence-corrected chi connectivity index (χ2v) is 5.79. The monoisotopic (exact) mass is 265 g/mol. The molecule has 0 amide bonds. The second-order valence-electron chi connectivity index (χ2n) is 5.79. The zero-order valence-electron chi connectivity index (χ0n) is 13.5. The number of rotatable bonds is 15. The zero-order chi connectivity index (χ0) is 14.0. The van der Waals surface area contributed by atoms with Gasteiger partial charge in [0.05, 0.1) is 0 Å². The summed E-state index contributed by atoms with van der Waals surface area (Å²) >= 11 is 0. The average Bonchev–Trinajstić information content (AvgIpc) is 2.43. The smallest absolute Gasteiger partial charge is 0.0351 e. The second kappa shape index (κ2) is 17.7. The molecule has 0 N–H and O–H groups in total. The van der Waals surface area contributed by atoms with Crippen LogP contribution in [-0.4, -0.2) is 0 Å². The van der Waals surface area contributed by atoms with E-state index in [1.54, 1.807) is 0 Å². The quantitative estimate of drug-likeness (QED) is 0.216. The van der Waals surface area contributed by atoms with E-state index in [0.717, 1.165) is 6.42 Å². The SMILES string of the molecule is [CH2]CCCCCCCCC/C=C/CCCCCCC. The summed E-state index contributed by atoms with van der Waals surface area (Å²) in [4.78, 5) is 0. The maximum atomic E-state index is 3.88. The van der Waals surface area contributed by atoms with E-state index >= 15 is 0 Å². The highest BCUT2D eigenvalue weighted by atomic mass is 14.0. The van der Waals surface area contributed by atoms with Crippen molar-refractivity contribution >= 4 is 0 Å². The van der Waals surface area contributed by atoms with E-state index in [1.807, 2.05) is 0 Å². The van der Waals surface area contributed by atoms with Gasteiger partial charge in [0.15, 0.2) is 0 Å². The van der Waals surface area contributed by atoms with E-state index in [-0.39, 0.29) is 0 Å². The number of hydrogen-bond donors (Lipinski definition) is 0. The molecule has 0 bridgehead atoms. The first-order chi connectivity index (χ1) is 9.41. The van der Waals surface area contributed by atoms with Crippen LogP contribution in [0.5, 0.6) is 0 Å². The molecule has 0 unspecified atom stereocenters. The molecule has 0 fully saturated rings. The van der Waals surface area contributed by atoms with E-state index in [9.17, 15) is 0 Å². The fraction of sp³-hybridized carbons (Fsp3) is 0.842. The van der Waals surface area contributed by atoms with Gasteiger partial charge in [-0.3, -0.25) is 0 Å². The highest BCUT2D eigenvalue weighted by Crippen LogP contribution is 2.10. The van der Waals surface area contributed by atoms with Crippen molar-refractivity contribution in [1.29, 1.82) is 0 Å². The molecule has 0 heterocycles. The molecule has 0 nitrogen and oxygen atoms in total. The van der Waals surface area contributed by atoms with E-state index in [1.165, 1.54) is 89.9 Å². The van der Waals surface area contributed by atoms with Crippen LogP contribution in [0.4, 0.5) is 0 Å². The molecule has 0 atom stereocenters. The van der Waals surface area contributed by atoms with Crippen molar-refractivity contribution < 1.29 is 0 Å². The third-order valence-corrected chi connectivity index (χ3v) is 3.76. The first-order valence-corrected chi connectivity index (χ1v) is 8.86. The highest BCUT2D eigenvalue weighted by Gasteiger charge is 1.90. The van der Waals surface area contributed by atoms with Crippen molar-refractivity contribution in [1.82, 2.24) is 0 Å². The van der Waals surface area contributed by atoms with Gasteiger partial charge in [0.2, 0.25) is 0 Å². The minimum atomic E-state index is 1.11. The standard InChI is InChI=1S/C19H37/c1-3-5-7-9-11-13-15-17-19-18-16-14-12-10-8-6-4-2/h16,18H,1,3-15,17,19H2,2H3/b18-16+. The molecular formula is C19H37. The summed E-state index contributed by atoms with van der Waals surface area (Å²) in [6.45, 7) is 6.16. The molecule has 1 radical (unpaired) electrons. The summed E-state index contributed by atoms with van der Waals surface area (Å²) < 4.78 is 0. The van der Waals surface area contributed by atoms with Crippen molar-refractivity contribution in [2.24, 2.45) is 0 Å². The Labute approximate surface area is 123 Å². The zero-order valence-corrected chi connectivity index (χ0v) is 13.5. The Kier molecular flexibility index (Phi) is 17.5. The summed E-state index contributed by atoms with van der Waals surface area (Å²) in [7, 11) is 0. The van der Waals surface area contributed by atoms with Gasteiger partial charge in [0.25, 0.3) is 0 Å². The Bertz CT molecular complexity index is 169. The van der Waals surface area contributed by atoms with E-state index < -0.39 is 0 Å². The minimum Gasteiger partial charge on any atom is -0.0885 e. The van der Waals surface area contributed by atoms with Crippen LogP contribution in [0, 0.1) is 6.92 Å². The summed E-state index contributed by atoms with van der Waals surface area (Å²) in [5.74, 6) is 0. The van der Waals surface area contributed by atoms with E-state index in [4.69, 9.17) is 0 Å². The minimum absolute atomic E-state index is 1.11. The molecule has 0 aliphatic rings. The summed E-state index contributed by atoms with van der Waals surface area (Å²) in [6, 6.07) is 0. The predicted octanol–water partition coefficient (Wildman–Crippen LogP) is 7.25. The Balaban J connectivity index is 3.00. The number of unbranched alkanes of at least 4 members (excludes halogenated alkanes) is 13. The largest absolute Gasteiger partial charge is 0.0885 e. The maximum Gasteiger partial charge on any atom is -0.0351 e. The summed E-state index contributed by atoms with van der Waals surface area (Å²) in [6.07, 6.45) is 25.3. The lowest BCUT2D eigenvalue weighted by atomic mass is 10.1. The van der Waals surface area contributed by atoms with Crippen LogP contribution in [0.3, 0.4) is 0 Å². The van der Waals surface area contributed by atoms with Crippen molar-refractivity contribution in [3.05, 3.63) is 19.1 Å². The molecule has 0 saturated carbocycles. The normalized spacial score (nSPS) is 11.5. The van der Waals surface area contributed by atoms with Crippen molar-refractivity contribution in [2.75, 3.05) is 0 Å². The highest BCUT2D eigenvalue weighted by molar-refractivity contribution is 4.81. The van der Waals surface area contributed by atoms with Gasteiger partial charge < -0.3 is 0 Å². The third-order valence-electron chi connectivity index (χ3n) is 3.76. The lowest BCUT2D eigenvalue weighted by molar-refractivity contribution is 0.583. The molecule has 0 spiro atoms. The number of allylic oxidation sites excluding steroid dienone is 2. The molecule has 0 aromatic rings. The Morgan fingerprint density at radius 1 is 0.579 bits per heavy atom. The van der Waals surface area contributed by atoms with Crippen molar-refractivity contribution in [2.45, 2.75) is 103 Å². The fourth-order valence-electron chi connectivity index (χ4n) is 2.42. The average molecular weight is 266 g/mol. The molecule has 0 aromatic carbocycles. The van der Waals surface area contributed by atoms with Crippen LogP contribution in [0.15, 0.2) is 12.2 Å². The molecule has 0 saturated heterocycles. The lowest BCUT2D eigenvalue weighted by Gasteiger charge is -2.00. The van der Waals surface area contributed by atoms with Gasteiger partial charge in [0.1, 0.15) is 0 Å². The lowest BCUT2D eigenvalue weighted by Crippen LogP contribution is -1.80. The number of hydrogen-bond acceptors (Lipinski definition) is 0. The van der Waals surface area contributed by atoms with Crippen molar-refractivity contribution in [3.8, 4) is 0 Å². The van der Waals surface area contributed by atoms with E-state index in [2.05, 4.69) is 26.0 Å². The molecular weight excluding hydrogens is 228 g/mol. The molecule has 0 aliphatic heterocycles. The first kappa shape index (κ1) is 18.7. The van der Waals surface area contributed by atoms with Crippen LogP contribution in [0.2, 0.25) is 0 Å². The Morgan fingerprint density at radius 2 is 1.00 bits per heavy atom. The molecule has 0 heteroatoms. The van der Waals surface area contributed by atoms with Gasteiger partial charge >= 0.3 is 0 Å². The van der Waals surface area contributed by atoms with Gasteiger partial charge in [0, 0.05) is 0 Å². The molecule has 0 rings (SSSR count). The first-order valence-electron chi connectivity index (χ1n) is 8.86. The van der Waals surface area contributed by atoms with Gasteiger partial charge in [-0.25, -0.2) is 0 Å². The van der Waals surface area contributed by atoms with Crippen LogP contribution in [-0.2, 0) is 0 Å². The molecule has 0 aliphatic carbocycles. The van der Waals surface area contributed by atoms with Crippen molar-refractivity contribution in [3.63, 3.8) is 0 Å². The fourth-order valence-corrected chi connectivity index (χ4v) is 2.42. The summed E-state index contributed by atoms with van der Waals surface area (Å²) in [5, 5.41) is 0. The van der Waals surface area contributed by atoms with Crippen LogP contribution < -0.4 is 0 Å². The van der Waals surface area contributed by atoms with Gasteiger partial charge in [-0.05, 0) is 25.7 Å². The Morgan fingerprint density at radius 3 is 1.47 bits per heavy atom. The van der Waals surface area contributed by atoms with Gasteiger partial charge in [-0.1, -0.05) is 96.6 Å². The summed E-state index contributed by atoms with van der Waals surface area (Å²) in [5.41, 5.74) is 0. The Hall–Kier alpha value is -0.260. The molecule has 0 aromatic heterocycles. The maximum absolute atomic E-state index is 3.88. The van der Waals surface area contributed by atoms with Gasteiger partial charge in [-0.15, -0.1) is 0 Å².